The van der Waals surface area contributed by atoms with E-state index in [1.165, 1.54) is 11.9 Å². The molecule has 2 amide bonds. The molecule has 0 spiro atoms. The number of aliphatic carboxylic acids is 1. The summed E-state index contributed by atoms with van der Waals surface area (Å²) >= 11 is 0. The molecule has 1 N–H and O–H groups in total. The lowest BCUT2D eigenvalue weighted by molar-refractivity contribution is -0.147. The van der Waals surface area contributed by atoms with Crippen molar-refractivity contribution < 1.29 is 33.0 Å². The first-order chi connectivity index (χ1) is 12.3. The molecule has 1 aliphatic heterocycles. The molecule has 0 radical (unpaired) electrons. The number of nitrogens with zero attached hydrogens (tertiary/aromatic N) is 2. The fourth-order valence-electron chi connectivity index (χ4n) is 2.64. The molecule has 0 aromatic heterocycles. The SMILES string of the molecule is CN(CC(=O)N1CCCC(C(=O)O)C1)C(=O)COc1ccc(F)cc1F. The number of hydrogen-bond acceptors (Lipinski definition) is 4. The van der Waals surface area contributed by atoms with Crippen molar-refractivity contribution in [2.75, 3.05) is 33.3 Å². The summed E-state index contributed by atoms with van der Waals surface area (Å²) in [5.41, 5.74) is 0. The van der Waals surface area contributed by atoms with Crippen LogP contribution >= 0.6 is 0 Å². The van der Waals surface area contributed by atoms with Crippen LogP contribution in [-0.2, 0) is 14.4 Å². The van der Waals surface area contributed by atoms with Gasteiger partial charge in [-0.15, -0.1) is 0 Å². The summed E-state index contributed by atoms with van der Waals surface area (Å²) in [4.78, 5) is 37.9. The molecule has 1 fully saturated rings. The molecule has 1 saturated heterocycles. The van der Waals surface area contributed by atoms with Crippen LogP contribution in [0.3, 0.4) is 0 Å². The summed E-state index contributed by atoms with van der Waals surface area (Å²) in [7, 11) is 1.39. The Morgan fingerprint density at radius 3 is 2.73 bits per heavy atom. The van der Waals surface area contributed by atoms with E-state index in [4.69, 9.17) is 9.84 Å². The molecule has 2 rings (SSSR count). The quantitative estimate of drug-likeness (QED) is 0.811. The van der Waals surface area contributed by atoms with Gasteiger partial charge in [0.25, 0.3) is 5.91 Å². The Labute approximate surface area is 149 Å². The van der Waals surface area contributed by atoms with E-state index in [0.29, 0.717) is 25.5 Å². The Morgan fingerprint density at radius 1 is 1.35 bits per heavy atom. The maximum Gasteiger partial charge on any atom is 0.308 e. The van der Waals surface area contributed by atoms with Crippen LogP contribution in [0, 0.1) is 17.6 Å². The zero-order chi connectivity index (χ0) is 19.3. The molecule has 1 atom stereocenters. The minimum absolute atomic E-state index is 0.119. The molecular weight excluding hydrogens is 350 g/mol. The average molecular weight is 370 g/mol. The number of likely N-dealkylation sites (N-methyl/N-ethyl adjacent to an activating group) is 1. The smallest absolute Gasteiger partial charge is 0.308 e. The van der Waals surface area contributed by atoms with Gasteiger partial charge < -0.3 is 19.6 Å². The maximum absolute atomic E-state index is 13.5. The van der Waals surface area contributed by atoms with Gasteiger partial charge in [0.2, 0.25) is 5.91 Å². The minimum Gasteiger partial charge on any atom is -0.481 e. The Kier molecular flexibility index (Phi) is 6.48. The summed E-state index contributed by atoms with van der Waals surface area (Å²) in [5, 5.41) is 9.05. The van der Waals surface area contributed by atoms with Crippen LogP contribution in [-0.4, -0.2) is 66.0 Å². The highest BCUT2D eigenvalue weighted by Gasteiger charge is 2.29. The number of benzene rings is 1. The normalized spacial score (nSPS) is 16.9. The zero-order valence-electron chi connectivity index (χ0n) is 14.3. The number of carbonyl (C=O) groups is 3. The van der Waals surface area contributed by atoms with Crippen molar-refractivity contribution in [1.82, 2.24) is 9.80 Å². The number of amides is 2. The lowest BCUT2D eigenvalue weighted by Gasteiger charge is -2.32. The van der Waals surface area contributed by atoms with E-state index in [-0.39, 0.29) is 24.7 Å². The van der Waals surface area contributed by atoms with Crippen LogP contribution in [0.1, 0.15) is 12.8 Å². The lowest BCUT2D eigenvalue weighted by Crippen LogP contribution is -2.47. The molecule has 1 heterocycles. The van der Waals surface area contributed by atoms with Crippen molar-refractivity contribution in [3.05, 3.63) is 29.8 Å². The topological polar surface area (TPSA) is 87.2 Å². The summed E-state index contributed by atoms with van der Waals surface area (Å²) in [5.74, 6) is -4.41. The summed E-state index contributed by atoms with van der Waals surface area (Å²) in [6.45, 7) is -0.181. The predicted molar refractivity (Wildman–Crippen MR) is 86.4 cm³/mol. The van der Waals surface area contributed by atoms with Gasteiger partial charge in [-0.3, -0.25) is 14.4 Å². The molecule has 1 aromatic rings. The molecule has 142 valence electrons. The van der Waals surface area contributed by atoms with Crippen molar-refractivity contribution in [3.8, 4) is 5.75 Å². The highest BCUT2D eigenvalue weighted by Crippen LogP contribution is 2.18. The van der Waals surface area contributed by atoms with E-state index >= 15 is 0 Å². The summed E-state index contributed by atoms with van der Waals surface area (Å²) < 4.78 is 31.3. The third-order valence-electron chi connectivity index (χ3n) is 4.17. The van der Waals surface area contributed by atoms with Crippen molar-refractivity contribution in [3.63, 3.8) is 0 Å². The van der Waals surface area contributed by atoms with Gasteiger partial charge in [0.15, 0.2) is 18.2 Å². The second kappa shape index (κ2) is 8.59. The van der Waals surface area contributed by atoms with Crippen LogP contribution in [0.15, 0.2) is 18.2 Å². The van der Waals surface area contributed by atoms with Crippen LogP contribution in [0.25, 0.3) is 0 Å². The predicted octanol–water partition coefficient (Wildman–Crippen LogP) is 1.13. The van der Waals surface area contributed by atoms with Crippen LogP contribution < -0.4 is 4.74 Å². The highest BCUT2D eigenvalue weighted by atomic mass is 19.1. The molecular formula is C17H20F2N2O5. The van der Waals surface area contributed by atoms with Gasteiger partial charge in [0, 0.05) is 26.2 Å². The molecule has 1 aliphatic rings. The Morgan fingerprint density at radius 2 is 2.08 bits per heavy atom. The molecule has 1 unspecified atom stereocenters. The fourth-order valence-corrected chi connectivity index (χ4v) is 2.64. The number of carbonyl (C=O) groups excluding carboxylic acids is 2. The fraction of sp³-hybridized carbons (Fsp3) is 0.471. The Balaban J connectivity index is 1.84. The number of rotatable bonds is 6. The monoisotopic (exact) mass is 370 g/mol. The molecule has 0 bridgehead atoms. The van der Waals surface area contributed by atoms with Gasteiger partial charge in [0.1, 0.15) is 5.82 Å². The first kappa shape index (κ1) is 19.6. The lowest BCUT2D eigenvalue weighted by atomic mass is 9.98. The third-order valence-corrected chi connectivity index (χ3v) is 4.17. The average Bonchev–Trinajstić information content (AvgIpc) is 2.60. The van der Waals surface area contributed by atoms with Gasteiger partial charge in [-0.05, 0) is 25.0 Å². The Hall–Kier alpha value is -2.71. The van der Waals surface area contributed by atoms with E-state index in [9.17, 15) is 23.2 Å². The number of carboxylic acids is 1. The van der Waals surface area contributed by atoms with E-state index in [0.717, 1.165) is 17.0 Å². The van der Waals surface area contributed by atoms with Gasteiger partial charge in [-0.1, -0.05) is 0 Å². The van der Waals surface area contributed by atoms with E-state index < -0.39 is 36.0 Å². The molecule has 9 heteroatoms. The van der Waals surface area contributed by atoms with E-state index in [2.05, 4.69) is 0 Å². The number of carboxylic acid groups (broad SMARTS) is 1. The Bertz CT molecular complexity index is 698. The van der Waals surface area contributed by atoms with Gasteiger partial charge in [-0.2, -0.15) is 0 Å². The summed E-state index contributed by atoms with van der Waals surface area (Å²) in [6.07, 6.45) is 1.11. The van der Waals surface area contributed by atoms with Crippen molar-refractivity contribution >= 4 is 17.8 Å². The molecule has 1 aromatic carbocycles. The first-order valence-electron chi connectivity index (χ1n) is 8.10. The maximum atomic E-state index is 13.5. The number of hydrogen-bond donors (Lipinski definition) is 1. The van der Waals surface area contributed by atoms with Crippen molar-refractivity contribution in [1.29, 1.82) is 0 Å². The number of ether oxygens (including phenoxy) is 1. The largest absolute Gasteiger partial charge is 0.481 e. The van der Waals surface area contributed by atoms with Crippen molar-refractivity contribution in [2.45, 2.75) is 12.8 Å². The highest BCUT2D eigenvalue weighted by molar-refractivity contribution is 5.85. The van der Waals surface area contributed by atoms with Gasteiger partial charge >= 0.3 is 5.97 Å². The van der Waals surface area contributed by atoms with Crippen molar-refractivity contribution in [2.24, 2.45) is 5.92 Å². The van der Waals surface area contributed by atoms with E-state index in [1.807, 2.05) is 0 Å². The number of halogens is 2. The molecule has 7 nitrogen and oxygen atoms in total. The van der Waals surface area contributed by atoms with Gasteiger partial charge in [-0.25, -0.2) is 8.78 Å². The minimum atomic E-state index is -0.943. The van der Waals surface area contributed by atoms with Crippen LogP contribution in [0.5, 0.6) is 5.75 Å². The molecule has 0 aliphatic carbocycles. The van der Waals surface area contributed by atoms with Gasteiger partial charge in [0.05, 0.1) is 12.5 Å². The number of piperidine rings is 1. The van der Waals surface area contributed by atoms with E-state index in [1.54, 1.807) is 0 Å². The van der Waals surface area contributed by atoms with Crippen LogP contribution in [0.2, 0.25) is 0 Å². The molecule has 26 heavy (non-hydrogen) atoms. The second-order valence-electron chi connectivity index (χ2n) is 6.13. The summed E-state index contributed by atoms with van der Waals surface area (Å²) in [6, 6.07) is 2.72. The number of likely N-dealkylation sites (tertiary alicyclic amines) is 1. The molecule has 0 saturated carbocycles. The zero-order valence-corrected chi connectivity index (χ0v) is 14.3. The third kappa shape index (κ3) is 5.14. The van der Waals surface area contributed by atoms with Crippen LogP contribution in [0.4, 0.5) is 8.78 Å². The standard InChI is InChI=1S/C17H20F2N2O5/c1-20(9-15(22)21-6-2-3-11(8-21)17(24)25)16(23)10-26-14-5-4-12(18)7-13(14)19/h4-5,7,11H,2-3,6,8-10H2,1H3,(H,24,25). The second-order valence-corrected chi connectivity index (χ2v) is 6.13. The first-order valence-corrected chi connectivity index (χ1v) is 8.10.